The van der Waals surface area contributed by atoms with E-state index in [9.17, 15) is 4.79 Å². The third kappa shape index (κ3) is 5.44. The minimum atomic E-state index is -0.379. The highest BCUT2D eigenvalue weighted by Crippen LogP contribution is 2.19. The average molecular weight is 269 g/mol. The van der Waals surface area contributed by atoms with Crippen LogP contribution in [0.1, 0.15) is 36.4 Å². The second kappa shape index (κ2) is 7.31. The maximum absolute atomic E-state index is 11.3. The van der Waals surface area contributed by atoms with Gasteiger partial charge >= 0.3 is 5.97 Å². The predicted octanol–water partition coefficient (Wildman–Crippen LogP) is 2.22. The molecule has 0 aliphatic rings. The Morgan fingerprint density at radius 3 is 2.79 bits per heavy atom. The first-order valence-corrected chi connectivity index (χ1v) is 6.34. The van der Waals surface area contributed by atoms with E-state index in [1.54, 1.807) is 13.2 Å². The SMILES string of the molecule is COCCC(C)(C)CNCc1cc(C(=O)OC)co1. The standard InChI is InChI=1S/C14H23NO4/c1-14(2,5-6-17-3)10-15-8-12-7-11(9-19-12)13(16)18-4/h7,9,15H,5-6,8,10H2,1-4H3. The molecule has 1 aromatic heterocycles. The van der Waals surface area contributed by atoms with E-state index in [4.69, 9.17) is 9.15 Å². The van der Waals surface area contributed by atoms with Gasteiger partial charge in [-0.1, -0.05) is 13.8 Å². The van der Waals surface area contributed by atoms with Gasteiger partial charge in [-0.15, -0.1) is 0 Å². The molecule has 0 unspecified atom stereocenters. The minimum absolute atomic E-state index is 0.160. The van der Waals surface area contributed by atoms with Gasteiger partial charge in [0.1, 0.15) is 12.0 Å². The van der Waals surface area contributed by atoms with E-state index in [0.29, 0.717) is 12.1 Å². The van der Waals surface area contributed by atoms with Gasteiger partial charge < -0.3 is 19.2 Å². The van der Waals surface area contributed by atoms with Crippen molar-refractivity contribution in [1.82, 2.24) is 5.32 Å². The summed E-state index contributed by atoms with van der Waals surface area (Å²) in [5, 5.41) is 3.32. The topological polar surface area (TPSA) is 60.7 Å². The zero-order chi connectivity index (χ0) is 14.3. The minimum Gasteiger partial charge on any atom is -0.467 e. The lowest BCUT2D eigenvalue weighted by Crippen LogP contribution is -2.30. The van der Waals surface area contributed by atoms with E-state index in [-0.39, 0.29) is 11.4 Å². The first kappa shape index (κ1) is 15.7. The predicted molar refractivity (Wildman–Crippen MR) is 72.0 cm³/mol. The number of nitrogens with one attached hydrogen (secondary N) is 1. The second-order valence-corrected chi connectivity index (χ2v) is 5.30. The molecule has 19 heavy (non-hydrogen) atoms. The molecule has 0 aliphatic carbocycles. The molecule has 0 fully saturated rings. The second-order valence-electron chi connectivity index (χ2n) is 5.30. The van der Waals surface area contributed by atoms with Gasteiger partial charge in [-0.3, -0.25) is 0 Å². The van der Waals surface area contributed by atoms with Crippen molar-refractivity contribution in [1.29, 1.82) is 0 Å². The van der Waals surface area contributed by atoms with Crippen LogP contribution in [0.15, 0.2) is 16.7 Å². The zero-order valence-electron chi connectivity index (χ0n) is 12.1. The number of ether oxygens (including phenoxy) is 2. The maximum Gasteiger partial charge on any atom is 0.341 e. The fourth-order valence-corrected chi connectivity index (χ4v) is 1.69. The fraction of sp³-hybridized carbons (Fsp3) is 0.643. The summed E-state index contributed by atoms with van der Waals surface area (Å²) in [6.45, 7) is 6.56. The number of carbonyl (C=O) groups excluding carboxylic acids is 1. The molecular weight excluding hydrogens is 246 g/mol. The van der Waals surface area contributed by atoms with Crippen LogP contribution in [0.25, 0.3) is 0 Å². The van der Waals surface area contributed by atoms with E-state index in [0.717, 1.165) is 25.3 Å². The Morgan fingerprint density at radius 2 is 2.16 bits per heavy atom. The number of carbonyl (C=O) groups is 1. The van der Waals surface area contributed by atoms with Gasteiger partial charge in [0.25, 0.3) is 0 Å². The normalized spacial score (nSPS) is 11.6. The molecule has 0 spiro atoms. The Labute approximate surface area is 114 Å². The average Bonchev–Trinajstić information content (AvgIpc) is 2.84. The van der Waals surface area contributed by atoms with Crippen LogP contribution >= 0.6 is 0 Å². The quantitative estimate of drug-likeness (QED) is 0.733. The van der Waals surface area contributed by atoms with Gasteiger partial charge in [0.05, 0.1) is 19.2 Å². The Hall–Kier alpha value is -1.33. The van der Waals surface area contributed by atoms with Gasteiger partial charge in [0.15, 0.2) is 0 Å². The molecule has 5 nitrogen and oxygen atoms in total. The highest BCUT2D eigenvalue weighted by Gasteiger charge is 2.17. The summed E-state index contributed by atoms with van der Waals surface area (Å²) in [4.78, 5) is 11.3. The van der Waals surface area contributed by atoms with Crippen LogP contribution in [0.4, 0.5) is 0 Å². The molecule has 1 aromatic rings. The largest absolute Gasteiger partial charge is 0.467 e. The Bertz CT molecular complexity index is 398. The molecular formula is C14H23NO4. The van der Waals surface area contributed by atoms with Gasteiger partial charge in [0.2, 0.25) is 0 Å². The molecule has 5 heteroatoms. The van der Waals surface area contributed by atoms with Crippen LogP contribution in [0.3, 0.4) is 0 Å². The summed E-state index contributed by atoms with van der Waals surface area (Å²) in [6.07, 6.45) is 2.40. The van der Waals surface area contributed by atoms with Crippen molar-refractivity contribution in [3.05, 3.63) is 23.7 Å². The number of hydrogen-bond acceptors (Lipinski definition) is 5. The first-order chi connectivity index (χ1) is 8.98. The summed E-state index contributed by atoms with van der Waals surface area (Å²) in [5.41, 5.74) is 0.603. The summed E-state index contributed by atoms with van der Waals surface area (Å²) < 4.78 is 15.0. The Morgan fingerprint density at radius 1 is 1.42 bits per heavy atom. The molecule has 1 rings (SSSR count). The molecule has 0 aromatic carbocycles. The number of furan rings is 1. The lowest BCUT2D eigenvalue weighted by Gasteiger charge is -2.24. The number of methoxy groups -OCH3 is 2. The fourth-order valence-electron chi connectivity index (χ4n) is 1.69. The van der Waals surface area contributed by atoms with Crippen molar-refractivity contribution in [2.45, 2.75) is 26.8 Å². The lowest BCUT2D eigenvalue weighted by atomic mass is 9.90. The molecule has 0 saturated heterocycles. The summed E-state index contributed by atoms with van der Waals surface area (Å²) in [6, 6.07) is 1.70. The van der Waals surface area contributed by atoms with Gasteiger partial charge in [0, 0.05) is 20.3 Å². The van der Waals surface area contributed by atoms with Crippen LogP contribution in [-0.2, 0) is 16.0 Å². The summed E-state index contributed by atoms with van der Waals surface area (Å²) in [7, 11) is 3.06. The van der Waals surface area contributed by atoms with Crippen LogP contribution in [0.2, 0.25) is 0 Å². The van der Waals surface area contributed by atoms with Crippen molar-refractivity contribution in [2.24, 2.45) is 5.41 Å². The van der Waals surface area contributed by atoms with Crippen LogP contribution < -0.4 is 5.32 Å². The Kier molecular flexibility index (Phi) is 6.05. The molecule has 0 bridgehead atoms. The van der Waals surface area contributed by atoms with Crippen molar-refractivity contribution in [3.8, 4) is 0 Å². The molecule has 1 N–H and O–H groups in total. The van der Waals surface area contributed by atoms with E-state index >= 15 is 0 Å². The van der Waals surface area contributed by atoms with Crippen LogP contribution in [0, 0.1) is 5.41 Å². The number of rotatable bonds is 8. The molecule has 1 heterocycles. The molecule has 0 aliphatic heterocycles. The van der Waals surface area contributed by atoms with Gasteiger partial charge in [-0.25, -0.2) is 4.79 Å². The molecule has 0 radical (unpaired) electrons. The van der Waals surface area contributed by atoms with E-state index < -0.39 is 0 Å². The van der Waals surface area contributed by atoms with Crippen molar-refractivity contribution in [3.63, 3.8) is 0 Å². The monoisotopic (exact) mass is 269 g/mol. The lowest BCUT2D eigenvalue weighted by molar-refractivity contribution is 0.0600. The van der Waals surface area contributed by atoms with E-state index in [1.807, 2.05) is 0 Å². The number of esters is 1. The highest BCUT2D eigenvalue weighted by molar-refractivity contribution is 5.88. The number of hydrogen-bond donors (Lipinski definition) is 1. The molecule has 0 saturated carbocycles. The highest BCUT2D eigenvalue weighted by atomic mass is 16.5. The summed E-state index contributed by atoms with van der Waals surface area (Å²) in [5.74, 6) is 0.346. The van der Waals surface area contributed by atoms with Crippen LogP contribution in [0.5, 0.6) is 0 Å². The van der Waals surface area contributed by atoms with E-state index in [2.05, 4.69) is 23.9 Å². The third-order valence-corrected chi connectivity index (χ3v) is 2.96. The van der Waals surface area contributed by atoms with Crippen LogP contribution in [-0.4, -0.2) is 33.3 Å². The van der Waals surface area contributed by atoms with E-state index in [1.165, 1.54) is 13.4 Å². The first-order valence-electron chi connectivity index (χ1n) is 6.34. The van der Waals surface area contributed by atoms with Crippen molar-refractivity contribution in [2.75, 3.05) is 27.4 Å². The van der Waals surface area contributed by atoms with Gasteiger partial charge in [-0.2, -0.15) is 0 Å². The smallest absolute Gasteiger partial charge is 0.341 e. The maximum atomic E-state index is 11.3. The molecule has 108 valence electrons. The van der Waals surface area contributed by atoms with Gasteiger partial charge in [-0.05, 0) is 17.9 Å². The zero-order valence-corrected chi connectivity index (χ0v) is 12.1. The third-order valence-electron chi connectivity index (χ3n) is 2.96. The molecule has 0 amide bonds. The van der Waals surface area contributed by atoms with Crippen molar-refractivity contribution < 1.29 is 18.7 Å². The van der Waals surface area contributed by atoms with Crippen molar-refractivity contribution >= 4 is 5.97 Å². The molecule has 0 atom stereocenters. The Balaban J connectivity index is 2.36. The summed E-state index contributed by atoms with van der Waals surface area (Å²) >= 11 is 0.